The standard InChI is InChI=1S/C23H19Cl/c1-2-7-18(12-6-15-24)21-10-5-11-22(16-21)23-14-13-19-8-3-4-9-20(19)17-23/h2-17H,1H3/b7-2-,15-6+,18-12+. The van der Waals surface area contributed by atoms with Crippen LogP contribution in [0, 0.1) is 0 Å². The zero-order valence-electron chi connectivity index (χ0n) is 13.6. The second kappa shape index (κ2) is 7.81. The first-order valence-electron chi connectivity index (χ1n) is 8.01. The first-order valence-corrected chi connectivity index (χ1v) is 8.45. The van der Waals surface area contributed by atoms with E-state index in [2.05, 4.69) is 72.8 Å². The minimum atomic E-state index is 1.14. The van der Waals surface area contributed by atoms with Crippen molar-refractivity contribution in [1.29, 1.82) is 0 Å². The van der Waals surface area contributed by atoms with Crippen molar-refractivity contribution in [2.24, 2.45) is 0 Å². The molecule has 3 aromatic rings. The monoisotopic (exact) mass is 330 g/mol. The molecular weight excluding hydrogens is 312 g/mol. The van der Waals surface area contributed by atoms with E-state index in [9.17, 15) is 0 Å². The maximum absolute atomic E-state index is 5.67. The summed E-state index contributed by atoms with van der Waals surface area (Å²) in [5, 5.41) is 2.52. The van der Waals surface area contributed by atoms with Crippen LogP contribution in [0.2, 0.25) is 0 Å². The second-order valence-corrected chi connectivity index (χ2v) is 5.84. The molecule has 0 aliphatic carbocycles. The van der Waals surface area contributed by atoms with Gasteiger partial charge in [0.25, 0.3) is 0 Å². The Labute approximate surface area is 148 Å². The van der Waals surface area contributed by atoms with Gasteiger partial charge in [0.1, 0.15) is 0 Å². The van der Waals surface area contributed by atoms with Crippen LogP contribution in [0.25, 0.3) is 27.5 Å². The molecule has 3 rings (SSSR count). The zero-order valence-corrected chi connectivity index (χ0v) is 14.4. The lowest BCUT2D eigenvalue weighted by molar-refractivity contribution is 1.58. The fraction of sp³-hybridized carbons (Fsp3) is 0.0435. The number of fused-ring (bicyclic) bond motifs is 1. The molecule has 0 spiro atoms. The molecule has 0 N–H and O–H groups in total. The largest absolute Gasteiger partial charge is 0.0930 e. The highest BCUT2D eigenvalue weighted by Gasteiger charge is 2.03. The topological polar surface area (TPSA) is 0 Å². The minimum absolute atomic E-state index is 1.14. The van der Waals surface area contributed by atoms with Crippen molar-refractivity contribution in [2.75, 3.05) is 0 Å². The van der Waals surface area contributed by atoms with Gasteiger partial charge in [-0.25, -0.2) is 0 Å². The summed E-state index contributed by atoms with van der Waals surface area (Å²) in [4.78, 5) is 0. The average Bonchev–Trinajstić information content (AvgIpc) is 2.65. The van der Waals surface area contributed by atoms with Gasteiger partial charge in [-0.3, -0.25) is 0 Å². The van der Waals surface area contributed by atoms with Crippen LogP contribution in [0.3, 0.4) is 0 Å². The van der Waals surface area contributed by atoms with Crippen molar-refractivity contribution in [3.05, 3.63) is 102 Å². The van der Waals surface area contributed by atoms with Crippen LogP contribution < -0.4 is 0 Å². The van der Waals surface area contributed by atoms with Gasteiger partial charge in [-0.2, -0.15) is 0 Å². The van der Waals surface area contributed by atoms with Crippen LogP contribution in [0.1, 0.15) is 12.5 Å². The summed E-state index contributed by atoms with van der Waals surface area (Å²) >= 11 is 5.67. The molecule has 0 amide bonds. The van der Waals surface area contributed by atoms with Gasteiger partial charge in [0, 0.05) is 5.54 Å². The molecule has 24 heavy (non-hydrogen) atoms. The van der Waals surface area contributed by atoms with Gasteiger partial charge in [0.2, 0.25) is 0 Å². The molecule has 1 heteroatoms. The van der Waals surface area contributed by atoms with E-state index in [4.69, 9.17) is 11.6 Å². The van der Waals surface area contributed by atoms with Gasteiger partial charge in [-0.15, -0.1) is 0 Å². The summed E-state index contributed by atoms with van der Waals surface area (Å²) < 4.78 is 0. The average molecular weight is 331 g/mol. The first kappa shape index (κ1) is 16.3. The van der Waals surface area contributed by atoms with E-state index < -0.39 is 0 Å². The summed E-state index contributed by atoms with van der Waals surface area (Å²) in [5.41, 5.74) is 6.27. The van der Waals surface area contributed by atoms with Gasteiger partial charge in [0.15, 0.2) is 0 Å². The summed E-state index contributed by atoms with van der Waals surface area (Å²) in [7, 11) is 0. The predicted molar refractivity (Wildman–Crippen MR) is 107 cm³/mol. The van der Waals surface area contributed by atoms with Crippen molar-refractivity contribution in [2.45, 2.75) is 6.92 Å². The molecule has 0 aromatic heterocycles. The summed E-state index contributed by atoms with van der Waals surface area (Å²) in [6, 6.07) is 23.6. The van der Waals surface area contributed by atoms with Crippen LogP contribution in [0.5, 0.6) is 0 Å². The molecule has 0 heterocycles. The second-order valence-electron chi connectivity index (χ2n) is 5.58. The van der Waals surface area contributed by atoms with Crippen molar-refractivity contribution < 1.29 is 0 Å². The number of halogens is 1. The molecule has 3 aromatic carbocycles. The van der Waals surface area contributed by atoms with Crippen molar-refractivity contribution in [1.82, 2.24) is 0 Å². The van der Waals surface area contributed by atoms with E-state index in [1.54, 1.807) is 0 Å². The number of allylic oxidation sites excluding steroid dienone is 5. The zero-order chi connectivity index (χ0) is 16.8. The molecule has 0 aliphatic rings. The van der Waals surface area contributed by atoms with Crippen molar-refractivity contribution in [3.8, 4) is 11.1 Å². The first-order chi connectivity index (χ1) is 11.8. The molecule has 118 valence electrons. The highest BCUT2D eigenvalue weighted by atomic mass is 35.5. The van der Waals surface area contributed by atoms with E-state index in [0.717, 1.165) is 5.57 Å². The summed E-state index contributed by atoms with van der Waals surface area (Å²) in [6.45, 7) is 2.02. The Hall–Kier alpha value is -2.57. The highest BCUT2D eigenvalue weighted by Crippen LogP contribution is 2.27. The molecule has 0 radical (unpaired) electrons. The third-order valence-electron chi connectivity index (χ3n) is 3.97. The van der Waals surface area contributed by atoms with Crippen LogP contribution in [0.4, 0.5) is 0 Å². The van der Waals surface area contributed by atoms with Crippen LogP contribution in [-0.4, -0.2) is 0 Å². The minimum Gasteiger partial charge on any atom is -0.0930 e. The molecule has 0 saturated carbocycles. The fourth-order valence-electron chi connectivity index (χ4n) is 2.81. The number of hydrogen-bond donors (Lipinski definition) is 0. The normalized spacial score (nSPS) is 12.5. The molecule has 0 bridgehead atoms. The Morgan fingerprint density at radius 3 is 2.42 bits per heavy atom. The maximum Gasteiger partial charge on any atom is 0.00426 e. The van der Waals surface area contributed by atoms with E-state index in [1.807, 2.05) is 25.2 Å². The van der Waals surface area contributed by atoms with Gasteiger partial charge in [-0.1, -0.05) is 90.5 Å². The molecule has 0 saturated heterocycles. The number of hydrogen-bond acceptors (Lipinski definition) is 0. The third kappa shape index (κ3) is 3.67. The smallest absolute Gasteiger partial charge is 0.00426 e. The van der Waals surface area contributed by atoms with Crippen LogP contribution >= 0.6 is 11.6 Å². The van der Waals surface area contributed by atoms with E-state index in [0.29, 0.717) is 0 Å². The third-order valence-corrected chi connectivity index (χ3v) is 4.12. The molecule has 0 atom stereocenters. The van der Waals surface area contributed by atoms with Crippen molar-refractivity contribution in [3.63, 3.8) is 0 Å². The summed E-state index contributed by atoms with van der Waals surface area (Å²) in [6.07, 6.45) is 8.00. The van der Waals surface area contributed by atoms with E-state index >= 15 is 0 Å². The van der Waals surface area contributed by atoms with Crippen LogP contribution in [0.15, 0.2) is 96.6 Å². The number of rotatable bonds is 4. The Bertz CT molecular complexity index is 929. The van der Waals surface area contributed by atoms with E-state index in [1.165, 1.54) is 33.0 Å². The lowest BCUT2D eigenvalue weighted by Gasteiger charge is -2.08. The van der Waals surface area contributed by atoms with Crippen molar-refractivity contribution >= 4 is 27.9 Å². The lowest BCUT2D eigenvalue weighted by atomic mass is 9.97. The van der Waals surface area contributed by atoms with Gasteiger partial charge >= 0.3 is 0 Å². The van der Waals surface area contributed by atoms with Crippen LogP contribution in [-0.2, 0) is 0 Å². The molecular formula is C23H19Cl. The highest BCUT2D eigenvalue weighted by molar-refractivity contribution is 6.25. The van der Waals surface area contributed by atoms with Gasteiger partial charge in [-0.05, 0) is 52.1 Å². The molecule has 0 fully saturated rings. The Morgan fingerprint density at radius 1 is 0.833 bits per heavy atom. The SMILES string of the molecule is C\C=C/C(=C\C=C\Cl)c1cccc(-c2ccc3ccccc3c2)c1. The fourth-order valence-corrected chi connectivity index (χ4v) is 2.89. The Kier molecular flexibility index (Phi) is 5.30. The molecule has 0 nitrogen and oxygen atoms in total. The van der Waals surface area contributed by atoms with Gasteiger partial charge in [0.05, 0.1) is 0 Å². The maximum atomic E-state index is 5.67. The predicted octanol–water partition coefficient (Wildman–Crippen LogP) is 7.22. The Balaban J connectivity index is 2.05. The molecule has 0 aliphatic heterocycles. The summed E-state index contributed by atoms with van der Waals surface area (Å²) in [5.74, 6) is 0. The van der Waals surface area contributed by atoms with Gasteiger partial charge < -0.3 is 0 Å². The quantitative estimate of drug-likeness (QED) is 0.443. The lowest BCUT2D eigenvalue weighted by Crippen LogP contribution is -1.84. The Morgan fingerprint density at radius 2 is 1.62 bits per heavy atom. The molecule has 0 unspecified atom stereocenters. The number of benzene rings is 3. The van der Waals surface area contributed by atoms with E-state index in [-0.39, 0.29) is 0 Å².